The zero-order chi connectivity index (χ0) is 9.40. The van der Waals surface area contributed by atoms with Crippen LogP contribution in [0.3, 0.4) is 0 Å². The minimum absolute atomic E-state index is 0.314. The van der Waals surface area contributed by atoms with Crippen LogP contribution in [0, 0.1) is 5.92 Å². The molecular formula is C10H23NO. The Labute approximate surface area is 76.4 Å². The fourth-order valence-electron chi connectivity index (χ4n) is 1.62. The number of hydrogen-bond donors (Lipinski definition) is 2. The minimum Gasteiger partial charge on any atom is -0.396 e. The van der Waals surface area contributed by atoms with E-state index < -0.39 is 0 Å². The largest absolute Gasteiger partial charge is 0.396 e. The van der Waals surface area contributed by atoms with Gasteiger partial charge in [-0.05, 0) is 25.3 Å². The number of nitrogens with one attached hydrogen (secondary N) is 1. The first kappa shape index (κ1) is 11.9. The highest BCUT2D eigenvalue weighted by Gasteiger charge is 2.16. The molecule has 0 heterocycles. The second kappa shape index (κ2) is 7.56. The van der Waals surface area contributed by atoms with Crippen LogP contribution < -0.4 is 5.32 Å². The van der Waals surface area contributed by atoms with Crippen molar-refractivity contribution in [1.82, 2.24) is 5.32 Å². The molecule has 0 saturated heterocycles. The molecule has 2 N–H and O–H groups in total. The highest BCUT2D eigenvalue weighted by Crippen LogP contribution is 2.12. The van der Waals surface area contributed by atoms with Crippen LogP contribution in [0.2, 0.25) is 0 Å². The lowest BCUT2D eigenvalue weighted by atomic mass is 9.94. The Morgan fingerprint density at radius 3 is 2.25 bits per heavy atom. The molecule has 0 aromatic heterocycles. The quantitative estimate of drug-likeness (QED) is 0.615. The average molecular weight is 173 g/mol. The van der Waals surface area contributed by atoms with E-state index in [1.165, 1.54) is 12.8 Å². The van der Waals surface area contributed by atoms with Crippen molar-refractivity contribution in [2.45, 2.75) is 46.1 Å². The third-order valence-corrected chi connectivity index (χ3v) is 2.39. The second-order valence-corrected chi connectivity index (χ2v) is 3.30. The summed E-state index contributed by atoms with van der Waals surface area (Å²) >= 11 is 0. The van der Waals surface area contributed by atoms with E-state index >= 15 is 0 Å². The zero-order valence-corrected chi connectivity index (χ0v) is 8.64. The van der Waals surface area contributed by atoms with Gasteiger partial charge in [-0.2, -0.15) is 0 Å². The molecule has 0 saturated carbocycles. The first-order valence-electron chi connectivity index (χ1n) is 5.14. The van der Waals surface area contributed by atoms with Gasteiger partial charge in [0, 0.05) is 12.6 Å². The van der Waals surface area contributed by atoms with E-state index in [1.807, 2.05) is 0 Å². The van der Waals surface area contributed by atoms with Crippen LogP contribution in [-0.4, -0.2) is 24.3 Å². The fraction of sp³-hybridized carbons (Fsp3) is 1.00. The van der Waals surface area contributed by atoms with Crippen LogP contribution in [0.1, 0.15) is 40.0 Å². The SMILES string of the molecule is CCCC(NCC)C(CC)CO. The molecule has 12 heavy (non-hydrogen) atoms. The van der Waals surface area contributed by atoms with Crippen LogP contribution in [-0.2, 0) is 0 Å². The summed E-state index contributed by atoms with van der Waals surface area (Å²) in [6.07, 6.45) is 3.43. The maximum atomic E-state index is 9.11. The van der Waals surface area contributed by atoms with Crippen molar-refractivity contribution in [3.8, 4) is 0 Å². The Morgan fingerprint density at radius 1 is 1.25 bits per heavy atom. The third-order valence-electron chi connectivity index (χ3n) is 2.39. The number of rotatable bonds is 7. The molecule has 2 heteroatoms. The molecule has 0 aliphatic carbocycles. The highest BCUT2D eigenvalue weighted by molar-refractivity contribution is 4.73. The number of aliphatic hydroxyl groups is 1. The average Bonchev–Trinajstić information content (AvgIpc) is 2.07. The lowest BCUT2D eigenvalue weighted by Crippen LogP contribution is -2.37. The summed E-state index contributed by atoms with van der Waals surface area (Å²) in [6, 6.07) is 0.509. The van der Waals surface area contributed by atoms with Gasteiger partial charge in [0.25, 0.3) is 0 Å². The maximum absolute atomic E-state index is 9.11. The predicted octanol–water partition coefficient (Wildman–Crippen LogP) is 1.78. The van der Waals surface area contributed by atoms with Crippen LogP contribution >= 0.6 is 0 Å². The zero-order valence-electron chi connectivity index (χ0n) is 8.64. The Morgan fingerprint density at radius 2 is 1.92 bits per heavy atom. The molecule has 2 unspecified atom stereocenters. The van der Waals surface area contributed by atoms with E-state index in [0.29, 0.717) is 18.6 Å². The smallest absolute Gasteiger partial charge is 0.0474 e. The van der Waals surface area contributed by atoms with Crippen molar-refractivity contribution in [3.63, 3.8) is 0 Å². The van der Waals surface area contributed by atoms with Gasteiger partial charge in [0.05, 0.1) is 0 Å². The molecule has 0 aromatic carbocycles. The van der Waals surface area contributed by atoms with E-state index in [4.69, 9.17) is 5.11 Å². The van der Waals surface area contributed by atoms with Gasteiger partial charge >= 0.3 is 0 Å². The van der Waals surface area contributed by atoms with E-state index in [0.717, 1.165) is 13.0 Å². The molecular weight excluding hydrogens is 150 g/mol. The standard InChI is InChI=1S/C10H23NO/c1-4-7-10(11-6-3)9(5-2)8-12/h9-12H,4-8H2,1-3H3. The van der Waals surface area contributed by atoms with E-state index in [1.54, 1.807) is 0 Å². The van der Waals surface area contributed by atoms with E-state index in [-0.39, 0.29) is 0 Å². The monoisotopic (exact) mass is 173 g/mol. The lowest BCUT2D eigenvalue weighted by molar-refractivity contribution is 0.180. The van der Waals surface area contributed by atoms with Crippen LogP contribution in [0.25, 0.3) is 0 Å². The molecule has 0 amide bonds. The lowest BCUT2D eigenvalue weighted by Gasteiger charge is -2.24. The molecule has 0 aromatic rings. The first-order chi connectivity index (χ1) is 5.79. The van der Waals surface area contributed by atoms with Crippen LogP contribution in [0.15, 0.2) is 0 Å². The molecule has 0 aliphatic rings. The van der Waals surface area contributed by atoms with Gasteiger partial charge in [0.15, 0.2) is 0 Å². The van der Waals surface area contributed by atoms with Crippen molar-refractivity contribution in [3.05, 3.63) is 0 Å². The van der Waals surface area contributed by atoms with Crippen molar-refractivity contribution < 1.29 is 5.11 Å². The molecule has 2 nitrogen and oxygen atoms in total. The summed E-state index contributed by atoms with van der Waals surface area (Å²) in [7, 11) is 0. The molecule has 0 spiro atoms. The topological polar surface area (TPSA) is 32.3 Å². The van der Waals surface area contributed by atoms with Gasteiger partial charge in [-0.25, -0.2) is 0 Å². The maximum Gasteiger partial charge on any atom is 0.0474 e. The molecule has 2 atom stereocenters. The van der Waals surface area contributed by atoms with E-state index in [9.17, 15) is 0 Å². The summed E-state index contributed by atoms with van der Waals surface area (Å²) in [4.78, 5) is 0. The third kappa shape index (κ3) is 4.07. The summed E-state index contributed by atoms with van der Waals surface area (Å²) in [5.41, 5.74) is 0. The molecule has 0 aliphatic heterocycles. The minimum atomic E-state index is 0.314. The van der Waals surface area contributed by atoms with Crippen LogP contribution in [0.4, 0.5) is 0 Å². The van der Waals surface area contributed by atoms with Crippen LogP contribution in [0.5, 0.6) is 0 Å². The van der Waals surface area contributed by atoms with Crippen molar-refractivity contribution in [2.24, 2.45) is 5.92 Å². The van der Waals surface area contributed by atoms with E-state index in [2.05, 4.69) is 26.1 Å². The van der Waals surface area contributed by atoms with Gasteiger partial charge in [-0.15, -0.1) is 0 Å². The Bertz CT molecular complexity index is 85.8. The van der Waals surface area contributed by atoms with Crippen molar-refractivity contribution >= 4 is 0 Å². The second-order valence-electron chi connectivity index (χ2n) is 3.30. The molecule has 0 rings (SSSR count). The number of aliphatic hydroxyl groups excluding tert-OH is 1. The highest BCUT2D eigenvalue weighted by atomic mass is 16.3. The molecule has 0 radical (unpaired) electrons. The first-order valence-corrected chi connectivity index (χ1v) is 5.14. The van der Waals surface area contributed by atoms with Gasteiger partial charge < -0.3 is 10.4 Å². The van der Waals surface area contributed by atoms with Crippen molar-refractivity contribution in [2.75, 3.05) is 13.2 Å². The molecule has 0 fully saturated rings. The molecule has 74 valence electrons. The fourth-order valence-corrected chi connectivity index (χ4v) is 1.62. The Balaban J connectivity index is 3.86. The Kier molecular flexibility index (Phi) is 7.51. The summed E-state index contributed by atoms with van der Waals surface area (Å²) in [5, 5.41) is 12.5. The predicted molar refractivity (Wildman–Crippen MR) is 53.2 cm³/mol. The number of hydrogen-bond acceptors (Lipinski definition) is 2. The van der Waals surface area contributed by atoms with Gasteiger partial charge in [-0.1, -0.05) is 27.2 Å². The molecule has 0 bridgehead atoms. The Hall–Kier alpha value is -0.0800. The van der Waals surface area contributed by atoms with Gasteiger partial charge in [0.1, 0.15) is 0 Å². The summed E-state index contributed by atoms with van der Waals surface area (Å²) in [5.74, 6) is 0.435. The van der Waals surface area contributed by atoms with Gasteiger partial charge in [0.2, 0.25) is 0 Å². The van der Waals surface area contributed by atoms with Gasteiger partial charge in [-0.3, -0.25) is 0 Å². The normalized spacial score (nSPS) is 16.0. The van der Waals surface area contributed by atoms with Crippen molar-refractivity contribution in [1.29, 1.82) is 0 Å². The summed E-state index contributed by atoms with van der Waals surface area (Å²) in [6.45, 7) is 7.76. The summed E-state index contributed by atoms with van der Waals surface area (Å²) < 4.78 is 0.